The number of amides is 1. The Bertz CT molecular complexity index is 427. The average molecular weight is 220 g/mol. The fourth-order valence-corrected chi connectivity index (χ4v) is 1.72. The van der Waals surface area contributed by atoms with Crippen molar-refractivity contribution in [2.45, 2.75) is 26.2 Å². The lowest BCUT2D eigenvalue weighted by molar-refractivity contribution is -0.116. The van der Waals surface area contributed by atoms with Gasteiger partial charge < -0.3 is 15.8 Å². The van der Waals surface area contributed by atoms with Gasteiger partial charge in [-0.15, -0.1) is 0 Å². The minimum Gasteiger partial charge on any atom is -0.489 e. The van der Waals surface area contributed by atoms with Gasteiger partial charge in [0.25, 0.3) is 0 Å². The van der Waals surface area contributed by atoms with E-state index in [2.05, 4.69) is 19.2 Å². The summed E-state index contributed by atoms with van der Waals surface area (Å²) < 4.78 is 5.48. The molecule has 1 aromatic carbocycles. The Morgan fingerprint density at radius 2 is 2.19 bits per heavy atom. The van der Waals surface area contributed by atoms with Crippen LogP contribution in [0.25, 0.3) is 0 Å². The zero-order valence-corrected chi connectivity index (χ0v) is 9.54. The van der Waals surface area contributed by atoms with Crippen LogP contribution in [-0.4, -0.2) is 12.5 Å². The maximum atomic E-state index is 11.4. The first-order valence-electron chi connectivity index (χ1n) is 5.44. The second-order valence-corrected chi connectivity index (χ2v) is 4.29. The molecule has 0 spiro atoms. The predicted octanol–water partition coefficient (Wildman–Crippen LogP) is 2.11. The van der Waals surface area contributed by atoms with Crippen molar-refractivity contribution in [3.8, 4) is 5.75 Å². The van der Waals surface area contributed by atoms with Crippen molar-refractivity contribution < 1.29 is 9.53 Å². The molecule has 16 heavy (non-hydrogen) atoms. The molecule has 0 fully saturated rings. The fourth-order valence-electron chi connectivity index (χ4n) is 1.72. The van der Waals surface area contributed by atoms with Crippen molar-refractivity contribution in [2.75, 3.05) is 17.7 Å². The van der Waals surface area contributed by atoms with Gasteiger partial charge in [0.1, 0.15) is 0 Å². The van der Waals surface area contributed by atoms with Crippen LogP contribution >= 0.6 is 0 Å². The molecular formula is C12H16N2O2. The first-order chi connectivity index (χ1) is 7.58. The zero-order chi connectivity index (χ0) is 11.7. The molecular weight excluding hydrogens is 204 g/mol. The van der Waals surface area contributed by atoms with Gasteiger partial charge in [-0.05, 0) is 23.6 Å². The quantitative estimate of drug-likeness (QED) is 0.712. The number of benzene rings is 1. The number of hydrogen-bond acceptors (Lipinski definition) is 3. The highest BCUT2D eigenvalue weighted by molar-refractivity contribution is 5.94. The molecule has 3 N–H and O–H groups in total. The molecule has 0 bridgehead atoms. The van der Waals surface area contributed by atoms with Crippen molar-refractivity contribution in [2.24, 2.45) is 0 Å². The molecule has 1 aliphatic heterocycles. The minimum atomic E-state index is -0.0287. The van der Waals surface area contributed by atoms with E-state index in [0.717, 1.165) is 5.56 Å². The average Bonchev–Trinajstić information content (AvgIpc) is 2.38. The third-order valence-electron chi connectivity index (χ3n) is 2.66. The van der Waals surface area contributed by atoms with Crippen LogP contribution in [0.4, 0.5) is 11.4 Å². The number of ether oxygens (including phenoxy) is 1. The van der Waals surface area contributed by atoms with Crippen molar-refractivity contribution in [3.63, 3.8) is 0 Å². The maximum absolute atomic E-state index is 11.4. The van der Waals surface area contributed by atoms with E-state index in [9.17, 15) is 4.79 Å². The van der Waals surface area contributed by atoms with Crippen LogP contribution in [0.5, 0.6) is 5.75 Å². The number of carbonyl (C=O) groups is 1. The molecule has 0 aromatic heterocycles. The molecule has 0 saturated carbocycles. The summed E-state index contributed by atoms with van der Waals surface area (Å²) in [5.74, 6) is 0.932. The fraction of sp³-hybridized carbons (Fsp3) is 0.417. The molecule has 0 saturated heterocycles. The molecule has 1 amide bonds. The van der Waals surface area contributed by atoms with Gasteiger partial charge in [0.05, 0.1) is 24.4 Å². The summed E-state index contributed by atoms with van der Waals surface area (Å²) in [6.45, 7) is 4.55. The summed E-state index contributed by atoms with van der Waals surface area (Å²) in [6, 6.07) is 3.83. The van der Waals surface area contributed by atoms with Crippen molar-refractivity contribution in [3.05, 3.63) is 17.7 Å². The van der Waals surface area contributed by atoms with E-state index in [1.807, 2.05) is 12.1 Å². The van der Waals surface area contributed by atoms with E-state index in [4.69, 9.17) is 10.5 Å². The third-order valence-corrected chi connectivity index (χ3v) is 2.66. The van der Waals surface area contributed by atoms with Crippen LogP contribution in [0.1, 0.15) is 31.7 Å². The number of fused-ring (bicyclic) bond motifs is 1. The second kappa shape index (κ2) is 4.04. The molecule has 4 heteroatoms. The standard InChI is InChI=1S/C12H16N2O2/c1-7(2)8-5-9(13)12-10(6-8)14-11(15)3-4-16-12/h5-7H,3-4,13H2,1-2H3,(H,14,15). The van der Waals surface area contributed by atoms with Crippen molar-refractivity contribution >= 4 is 17.3 Å². The van der Waals surface area contributed by atoms with E-state index in [1.165, 1.54) is 0 Å². The number of anilines is 2. The van der Waals surface area contributed by atoms with Crippen LogP contribution in [0.15, 0.2) is 12.1 Å². The SMILES string of the molecule is CC(C)c1cc(N)c2c(c1)NC(=O)CCO2. The smallest absolute Gasteiger partial charge is 0.227 e. The van der Waals surface area contributed by atoms with Gasteiger partial charge in [-0.3, -0.25) is 4.79 Å². The van der Waals surface area contributed by atoms with E-state index in [1.54, 1.807) is 0 Å². The number of nitrogen functional groups attached to an aromatic ring is 1. The van der Waals surface area contributed by atoms with Gasteiger partial charge in [0.2, 0.25) is 5.91 Å². The van der Waals surface area contributed by atoms with Crippen LogP contribution in [0.3, 0.4) is 0 Å². The van der Waals surface area contributed by atoms with E-state index < -0.39 is 0 Å². The van der Waals surface area contributed by atoms with Crippen LogP contribution in [0, 0.1) is 0 Å². The van der Waals surface area contributed by atoms with Gasteiger partial charge in [-0.25, -0.2) is 0 Å². The number of nitrogens with two attached hydrogens (primary N) is 1. The molecule has 1 heterocycles. The summed E-state index contributed by atoms with van der Waals surface area (Å²) in [5, 5.41) is 2.81. The minimum absolute atomic E-state index is 0.0287. The molecule has 2 rings (SSSR count). The Kier molecular flexibility index (Phi) is 2.73. The molecule has 0 atom stereocenters. The summed E-state index contributed by atoms with van der Waals surface area (Å²) >= 11 is 0. The normalized spacial score (nSPS) is 15.1. The van der Waals surface area contributed by atoms with Crippen LogP contribution < -0.4 is 15.8 Å². The van der Waals surface area contributed by atoms with E-state index in [0.29, 0.717) is 36.1 Å². The van der Waals surface area contributed by atoms with Crippen LogP contribution in [-0.2, 0) is 4.79 Å². The molecule has 1 aliphatic rings. The number of hydrogen-bond donors (Lipinski definition) is 2. The zero-order valence-electron chi connectivity index (χ0n) is 9.54. The molecule has 1 aromatic rings. The first kappa shape index (κ1) is 10.8. The summed E-state index contributed by atoms with van der Waals surface area (Å²) in [4.78, 5) is 11.4. The monoisotopic (exact) mass is 220 g/mol. The molecule has 4 nitrogen and oxygen atoms in total. The second-order valence-electron chi connectivity index (χ2n) is 4.29. The number of rotatable bonds is 1. The molecule has 0 radical (unpaired) electrons. The lowest BCUT2D eigenvalue weighted by Gasteiger charge is -2.14. The highest BCUT2D eigenvalue weighted by atomic mass is 16.5. The predicted molar refractivity (Wildman–Crippen MR) is 63.7 cm³/mol. The number of carbonyl (C=O) groups excluding carboxylic acids is 1. The molecule has 0 unspecified atom stereocenters. The Labute approximate surface area is 94.8 Å². The lowest BCUT2D eigenvalue weighted by Crippen LogP contribution is -2.10. The van der Waals surface area contributed by atoms with Gasteiger partial charge >= 0.3 is 0 Å². The van der Waals surface area contributed by atoms with E-state index in [-0.39, 0.29) is 5.91 Å². The Morgan fingerprint density at radius 1 is 1.44 bits per heavy atom. The Balaban J connectivity index is 2.48. The summed E-state index contributed by atoms with van der Waals surface area (Å²) in [5.41, 5.74) is 8.29. The van der Waals surface area contributed by atoms with Gasteiger partial charge in [-0.1, -0.05) is 13.8 Å². The van der Waals surface area contributed by atoms with Gasteiger partial charge in [-0.2, -0.15) is 0 Å². The first-order valence-corrected chi connectivity index (χ1v) is 5.44. The van der Waals surface area contributed by atoms with Gasteiger partial charge in [0.15, 0.2) is 5.75 Å². The Morgan fingerprint density at radius 3 is 2.88 bits per heavy atom. The van der Waals surface area contributed by atoms with E-state index >= 15 is 0 Å². The Hall–Kier alpha value is -1.71. The lowest BCUT2D eigenvalue weighted by atomic mass is 10.0. The van der Waals surface area contributed by atoms with Crippen molar-refractivity contribution in [1.29, 1.82) is 0 Å². The third kappa shape index (κ3) is 1.96. The topological polar surface area (TPSA) is 64.3 Å². The van der Waals surface area contributed by atoms with Crippen LogP contribution in [0.2, 0.25) is 0 Å². The molecule has 86 valence electrons. The largest absolute Gasteiger partial charge is 0.489 e. The number of nitrogens with one attached hydrogen (secondary N) is 1. The maximum Gasteiger partial charge on any atom is 0.227 e. The van der Waals surface area contributed by atoms with Crippen molar-refractivity contribution in [1.82, 2.24) is 0 Å². The molecule has 0 aliphatic carbocycles. The summed E-state index contributed by atoms with van der Waals surface area (Å²) in [6.07, 6.45) is 0.366. The highest BCUT2D eigenvalue weighted by Gasteiger charge is 2.17. The summed E-state index contributed by atoms with van der Waals surface area (Å²) in [7, 11) is 0. The highest BCUT2D eigenvalue weighted by Crippen LogP contribution is 2.36. The van der Waals surface area contributed by atoms with Gasteiger partial charge in [0, 0.05) is 0 Å².